The second-order valence-corrected chi connectivity index (χ2v) is 6.73. The molecule has 2 rings (SSSR count). The number of hydrogen-bond acceptors (Lipinski definition) is 3. The van der Waals surface area contributed by atoms with Crippen molar-refractivity contribution in [3.05, 3.63) is 0 Å². The number of amides is 1. The number of nitrogens with one attached hydrogen (secondary N) is 1. The summed E-state index contributed by atoms with van der Waals surface area (Å²) in [6, 6.07) is 0. The maximum absolute atomic E-state index is 13.0. The van der Waals surface area contributed by atoms with E-state index in [2.05, 4.69) is 12.2 Å². The minimum absolute atomic E-state index is 0.174. The summed E-state index contributed by atoms with van der Waals surface area (Å²) in [6.45, 7) is 6.70. The molecule has 21 heavy (non-hydrogen) atoms. The van der Waals surface area contributed by atoms with Gasteiger partial charge in [-0.2, -0.15) is 0 Å². The molecule has 0 spiro atoms. The number of nitrogens with zero attached hydrogens (tertiary/aromatic N) is 1. The zero-order chi connectivity index (χ0) is 15.5. The first-order valence-corrected chi connectivity index (χ1v) is 8.23. The molecular weight excluding hydrogens is 268 g/mol. The summed E-state index contributed by atoms with van der Waals surface area (Å²) in [6.07, 6.45) is 5.00. The molecule has 2 fully saturated rings. The number of hydrogen-bond donors (Lipinski definition) is 2. The third kappa shape index (κ3) is 2.93. The number of piperidine rings is 1. The van der Waals surface area contributed by atoms with Crippen molar-refractivity contribution in [3.63, 3.8) is 0 Å². The standard InChI is InChI=1S/C16H28N2O3/c1-3-6-16(7-5-9-17-11-16)13(19)18-10-8-15(4-2,12-18)14(20)21/h17H,3-12H2,1-2H3,(H,20,21). The average molecular weight is 296 g/mol. The Hall–Kier alpha value is -1.10. The molecule has 5 heteroatoms. The van der Waals surface area contributed by atoms with Crippen LogP contribution in [0.3, 0.4) is 0 Å². The van der Waals surface area contributed by atoms with E-state index in [1.807, 2.05) is 11.8 Å². The van der Waals surface area contributed by atoms with Crippen LogP contribution in [0.5, 0.6) is 0 Å². The largest absolute Gasteiger partial charge is 0.481 e. The zero-order valence-electron chi connectivity index (χ0n) is 13.3. The Morgan fingerprint density at radius 3 is 2.48 bits per heavy atom. The van der Waals surface area contributed by atoms with E-state index in [0.717, 1.165) is 38.8 Å². The zero-order valence-corrected chi connectivity index (χ0v) is 13.3. The van der Waals surface area contributed by atoms with Crippen molar-refractivity contribution >= 4 is 11.9 Å². The highest BCUT2D eigenvalue weighted by Crippen LogP contribution is 2.39. The summed E-state index contributed by atoms with van der Waals surface area (Å²) < 4.78 is 0. The highest BCUT2D eigenvalue weighted by molar-refractivity contribution is 5.85. The summed E-state index contributed by atoms with van der Waals surface area (Å²) in [7, 11) is 0. The van der Waals surface area contributed by atoms with Gasteiger partial charge in [-0.3, -0.25) is 9.59 Å². The maximum Gasteiger partial charge on any atom is 0.311 e. The van der Waals surface area contributed by atoms with Crippen LogP contribution in [0.2, 0.25) is 0 Å². The van der Waals surface area contributed by atoms with Crippen LogP contribution in [0.4, 0.5) is 0 Å². The van der Waals surface area contributed by atoms with Crippen LogP contribution in [0.1, 0.15) is 52.4 Å². The third-order valence-corrected chi connectivity index (χ3v) is 5.43. The van der Waals surface area contributed by atoms with Crippen LogP contribution in [0.25, 0.3) is 0 Å². The van der Waals surface area contributed by atoms with Gasteiger partial charge in [0.2, 0.25) is 5.91 Å². The van der Waals surface area contributed by atoms with Gasteiger partial charge < -0.3 is 15.3 Å². The van der Waals surface area contributed by atoms with E-state index in [1.54, 1.807) is 0 Å². The Balaban J connectivity index is 2.13. The summed E-state index contributed by atoms with van der Waals surface area (Å²) in [5.41, 5.74) is -1.04. The molecule has 2 aliphatic heterocycles. The first-order chi connectivity index (χ1) is 9.99. The van der Waals surface area contributed by atoms with Gasteiger partial charge in [0.1, 0.15) is 0 Å². The molecule has 0 aliphatic carbocycles. The van der Waals surface area contributed by atoms with Crippen molar-refractivity contribution in [1.82, 2.24) is 10.2 Å². The van der Waals surface area contributed by atoms with Gasteiger partial charge in [0, 0.05) is 19.6 Å². The SMILES string of the molecule is CCCC1(C(=O)N2CCC(CC)(C(=O)O)C2)CCCNC1. The Kier molecular flexibility index (Phi) is 4.91. The van der Waals surface area contributed by atoms with Crippen LogP contribution in [0.15, 0.2) is 0 Å². The lowest BCUT2D eigenvalue weighted by Crippen LogP contribution is -2.52. The second-order valence-electron chi connectivity index (χ2n) is 6.73. The second kappa shape index (κ2) is 6.34. The lowest BCUT2D eigenvalue weighted by Gasteiger charge is -2.39. The first-order valence-electron chi connectivity index (χ1n) is 8.23. The molecule has 2 atom stereocenters. The predicted octanol–water partition coefficient (Wildman–Crippen LogP) is 1.87. The lowest BCUT2D eigenvalue weighted by molar-refractivity contribution is -0.150. The maximum atomic E-state index is 13.0. The Bertz CT molecular complexity index is 399. The van der Waals surface area contributed by atoms with Gasteiger partial charge >= 0.3 is 5.97 Å². The first kappa shape index (κ1) is 16.3. The molecule has 2 saturated heterocycles. The molecule has 5 nitrogen and oxygen atoms in total. The molecule has 2 heterocycles. The molecule has 1 amide bonds. The van der Waals surface area contributed by atoms with E-state index in [0.29, 0.717) is 25.9 Å². The smallest absolute Gasteiger partial charge is 0.311 e. The van der Waals surface area contributed by atoms with Gasteiger partial charge in [-0.25, -0.2) is 0 Å². The third-order valence-electron chi connectivity index (χ3n) is 5.43. The number of rotatable bonds is 5. The number of likely N-dealkylation sites (tertiary alicyclic amines) is 1. The molecule has 0 bridgehead atoms. The fourth-order valence-electron chi connectivity index (χ4n) is 3.94. The van der Waals surface area contributed by atoms with E-state index < -0.39 is 11.4 Å². The normalized spacial score (nSPS) is 33.1. The van der Waals surface area contributed by atoms with Crippen molar-refractivity contribution in [1.29, 1.82) is 0 Å². The topological polar surface area (TPSA) is 69.6 Å². The molecule has 0 aromatic heterocycles. The Labute approximate surface area is 127 Å². The summed E-state index contributed by atoms with van der Waals surface area (Å²) in [5, 5.41) is 12.8. The molecule has 0 radical (unpaired) electrons. The van der Waals surface area contributed by atoms with E-state index in [4.69, 9.17) is 0 Å². The molecule has 0 aromatic carbocycles. The van der Waals surface area contributed by atoms with E-state index in [1.165, 1.54) is 0 Å². The fraction of sp³-hybridized carbons (Fsp3) is 0.875. The average Bonchev–Trinajstić information content (AvgIpc) is 2.93. The molecule has 0 aromatic rings. The van der Waals surface area contributed by atoms with Crippen LogP contribution in [0, 0.1) is 10.8 Å². The summed E-state index contributed by atoms with van der Waals surface area (Å²) in [4.78, 5) is 26.4. The van der Waals surface area contributed by atoms with Gasteiger partial charge in [-0.15, -0.1) is 0 Å². The number of carbonyl (C=O) groups is 2. The number of aliphatic carboxylic acids is 1. The molecule has 2 unspecified atom stereocenters. The molecule has 2 aliphatic rings. The molecular formula is C16H28N2O3. The van der Waals surface area contributed by atoms with Crippen LogP contribution in [-0.4, -0.2) is 48.1 Å². The van der Waals surface area contributed by atoms with Gasteiger partial charge in [-0.1, -0.05) is 20.3 Å². The fourth-order valence-corrected chi connectivity index (χ4v) is 3.94. The quantitative estimate of drug-likeness (QED) is 0.812. The monoisotopic (exact) mass is 296 g/mol. The molecule has 0 saturated carbocycles. The van der Waals surface area contributed by atoms with Gasteiger partial charge in [0.05, 0.1) is 10.8 Å². The predicted molar refractivity (Wildman–Crippen MR) is 81.0 cm³/mol. The van der Waals surface area contributed by atoms with Gasteiger partial charge in [0.15, 0.2) is 0 Å². The van der Waals surface area contributed by atoms with Crippen LogP contribution in [-0.2, 0) is 9.59 Å². The Morgan fingerprint density at radius 2 is 2.00 bits per heavy atom. The summed E-state index contributed by atoms with van der Waals surface area (Å²) >= 11 is 0. The van der Waals surface area contributed by atoms with Crippen molar-refractivity contribution in [3.8, 4) is 0 Å². The highest BCUT2D eigenvalue weighted by Gasteiger charge is 2.49. The molecule has 2 N–H and O–H groups in total. The number of carboxylic acids is 1. The Morgan fingerprint density at radius 1 is 1.24 bits per heavy atom. The minimum Gasteiger partial charge on any atom is -0.481 e. The molecule has 120 valence electrons. The van der Waals surface area contributed by atoms with Gasteiger partial charge in [0.25, 0.3) is 0 Å². The minimum atomic E-state index is -0.758. The van der Waals surface area contributed by atoms with E-state index >= 15 is 0 Å². The van der Waals surface area contributed by atoms with Crippen molar-refractivity contribution in [2.75, 3.05) is 26.2 Å². The number of carbonyl (C=O) groups excluding carboxylic acids is 1. The van der Waals surface area contributed by atoms with E-state index in [9.17, 15) is 14.7 Å². The number of carboxylic acid groups (broad SMARTS) is 1. The lowest BCUT2D eigenvalue weighted by atomic mass is 9.75. The van der Waals surface area contributed by atoms with Gasteiger partial charge in [-0.05, 0) is 38.6 Å². The summed E-state index contributed by atoms with van der Waals surface area (Å²) in [5.74, 6) is -0.584. The van der Waals surface area contributed by atoms with Crippen LogP contribution >= 0.6 is 0 Å². The van der Waals surface area contributed by atoms with E-state index in [-0.39, 0.29) is 11.3 Å². The van der Waals surface area contributed by atoms with Crippen molar-refractivity contribution < 1.29 is 14.7 Å². The van der Waals surface area contributed by atoms with Crippen LogP contribution < -0.4 is 5.32 Å². The van der Waals surface area contributed by atoms with Crippen molar-refractivity contribution in [2.24, 2.45) is 10.8 Å². The van der Waals surface area contributed by atoms with Crippen molar-refractivity contribution in [2.45, 2.75) is 52.4 Å². The highest BCUT2D eigenvalue weighted by atomic mass is 16.4.